The van der Waals surface area contributed by atoms with Crippen LogP contribution in [0.5, 0.6) is 0 Å². The molecule has 1 unspecified atom stereocenters. The third kappa shape index (κ3) is 7.18. The Hall–Kier alpha value is -8.78. The van der Waals surface area contributed by atoms with Gasteiger partial charge in [-0.1, -0.05) is 274 Å². The third-order valence-corrected chi connectivity index (χ3v) is 19.5. The number of fused-ring (bicyclic) bond motifs is 13. The summed E-state index contributed by atoms with van der Waals surface area (Å²) in [6.07, 6.45) is 2.09. The standard InChI is InChI=1S/C81H69N/c1-77(2,3)54-24-19-26-56(49-54)81(57-27-20-25-55(50-57)78(4,5)6)71-38-18-14-32-67(71)75-72(81)39-22-40-74(75)82(59-45-46-64-62-30-13-17-37-70(62)80(73(64)51-59)48-47-53-23-9-15-35-68(53)80)58-43-41-52(42-44-58)60-28-10-11-29-61(60)65-33-21-34-66-63-31-12-16-36-69(63)79(7,8)76(65)66/h9-46,49-51H,47-48H2,1-8H3. The molecule has 4 aliphatic rings. The number of aryl methyl sites for hydroxylation is 1. The summed E-state index contributed by atoms with van der Waals surface area (Å²) in [5.74, 6) is 0. The van der Waals surface area contributed by atoms with Crippen molar-refractivity contribution in [2.24, 2.45) is 0 Å². The number of hydrogen-bond acceptors (Lipinski definition) is 1. The fourth-order valence-electron chi connectivity index (χ4n) is 15.6. The van der Waals surface area contributed by atoms with Crippen molar-refractivity contribution in [3.63, 3.8) is 0 Å². The van der Waals surface area contributed by atoms with E-state index in [9.17, 15) is 0 Å². The van der Waals surface area contributed by atoms with Crippen molar-refractivity contribution in [2.45, 2.75) is 95.3 Å². The fourth-order valence-corrected chi connectivity index (χ4v) is 15.6. The van der Waals surface area contributed by atoms with Gasteiger partial charge in [0.15, 0.2) is 0 Å². The lowest BCUT2D eigenvalue weighted by Gasteiger charge is -2.36. The van der Waals surface area contributed by atoms with Gasteiger partial charge in [-0.05, 0) is 171 Å². The van der Waals surface area contributed by atoms with Crippen LogP contribution in [0.4, 0.5) is 17.1 Å². The molecule has 11 aromatic rings. The van der Waals surface area contributed by atoms with Crippen LogP contribution in [0.2, 0.25) is 0 Å². The van der Waals surface area contributed by atoms with E-state index >= 15 is 0 Å². The minimum Gasteiger partial charge on any atom is -0.310 e. The van der Waals surface area contributed by atoms with E-state index in [2.05, 4.69) is 309 Å². The first-order valence-corrected chi connectivity index (χ1v) is 29.7. The second-order valence-electron chi connectivity index (χ2n) is 26.3. The molecule has 1 nitrogen and oxygen atoms in total. The largest absolute Gasteiger partial charge is 0.310 e. The highest BCUT2D eigenvalue weighted by Gasteiger charge is 2.50. The molecule has 398 valence electrons. The molecule has 0 saturated heterocycles. The summed E-state index contributed by atoms with van der Waals surface area (Å²) in [7, 11) is 0. The molecule has 0 saturated carbocycles. The molecule has 0 amide bonds. The van der Waals surface area contributed by atoms with Crippen molar-refractivity contribution in [1.29, 1.82) is 0 Å². The third-order valence-electron chi connectivity index (χ3n) is 19.5. The van der Waals surface area contributed by atoms with Gasteiger partial charge < -0.3 is 4.90 Å². The van der Waals surface area contributed by atoms with Crippen LogP contribution in [0.25, 0.3) is 55.6 Å². The fraction of sp³-hybridized carbons (Fsp3) is 0.185. The summed E-state index contributed by atoms with van der Waals surface area (Å²) < 4.78 is 0. The first-order valence-electron chi connectivity index (χ1n) is 29.7. The normalized spacial score (nSPS) is 16.4. The monoisotopic (exact) mass is 1060 g/mol. The van der Waals surface area contributed by atoms with E-state index < -0.39 is 5.41 Å². The zero-order valence-electron chi connectivity index (χ0n) is 48.5. The highest BCUT2D eigenvalue weighted by Crippen LogP contribution is 2.63. The minimum absolute atomic E-state index is 0.0509. The van der Waals surface area contributed by atoms with E-state index in [1.807, 2.05) is 0 Å². The van der Waals surface area contributed by atoms with Crippen LogP contribution in [-0.2, 0) is 33.5 Å². The van der Waals surface area contributed by atoms with Gasteiger partial charge in [0.2, 0.25) is 0 Å². The van der Waals surface area contributed by atoms with Gasteiger partial charge in [-0.25, -0.2) is 0 Å². The van der Waals surface area contributed by atoms with Gasteiger partial charge in [-0.2, -0.15) is 0 Å². The number of rotatable bonds is 7. The summed E-state index contributed by atoms with van der Waals surface area (Å²) in [5, 5.41) is 0. The molecular weight excluding hydrogens is 987 g/mol. The first kappa shape index (κ1) is 50.2. The lowest BCUT2D eigenvalue weighted by molar-refractivity contribution is 0.585. The molecule has 0 radical (unpaired) electrons. The van der Waals surface area contributed by atoms with Crippen LogP contribution in [0.15, 0.2) is 249 Å². The predicted octanol–water partition coefficient (Wildman–Crippen LogP) is 21.0. The molecule has 1 spiro atoms. The summed E-state index contributed by atoms with van der Waals surface area (Å²) in [4.78, 5) is 2.60. The Kier molecular flexibility index (Phi) is 11.1. The van der Waals surface area contributed by atoms with Crippen molar-refractivity contribution < 1.29 is 0 Å². The van der Waals surface area contributed by atoms with Crippen molar-refractivity contribution in [1.82, 2.24) is 0 Å². The zero-order chi connectivity index (χ0) is 55.9. The maximum absolute atomic E-state index is 2.60. The maximum atomic E-state index is 2.60. The first-order chi connectivity index (χ1) is 39.7. The SMILES string of the molecule is CC(C)(C)c1cccc(C2(c3cccc(C(C)(C)C)c3)c3ccccc3-c3c(N(c4ccc(-c5ccccc5-c5cccc6c5C(C)(C)c5ccccc5-6)cc4)c4ccc5c(c4)C4(CCc6ccccc64)c4ccccc4-5)cccc32)c1. The highest BCUT2D eigenvalue weighted by atomic mass is 15.1. The maximum Gasteiger partial charge on any atom is 0.0714 e. The van der Waals surface area contributed by atoms with E-state index in [1.165, 1.54) is 122 Å². The quantitative estimate of drug-likeness (QED) is 0.154. The van der Waals surface area contributed by atoms with Gasteiger partial charge in [0, 0.05) is 27.8 Å². The van der Waals surface area contributed by atoms with Crippen molar-refractivity contribution in [3.05, 3.63) is 315 Å². The Morgan fingerprint density at radius 3 is 1.51 bits per heavy atom. The molecular formula is C81H69N. The molecule has 0 heterocycles. The Morgan fingerprint density at radius 1 is 0.354 bits per heavy atom. The lowest BCUT2D eigenvalue weighted by atomic mass is 9.66. The molecule has 0 bridgehead atoms. The smallest absolute Gasteiger partial charge is 0.0714 e. The van der Waals surface area contributed by atoms with Gasteiger partial charge in [-0.15, -0.1) is 0 Å². The molecule has 4 aliphatic carbocycles. The summed E-state index contributed by atoms with van der Waals surface area (Å²) in [6, 6.07) is 95.9. The van der Waals surface area contributed by atoms with Gasteiger partial charge in [0.05, 0.1) is 11.1 Å². The number of anilines is 3. The number of benzene rings is 11. The molecule has 15 rings (SSSR count). The average molecular weight is 1060 g/mol. The summed E-state index contributed by atoms with van der Waals surface area (Å²) in [6.45, 7) is 18.8. The zero-order valence-corrected chi connectivity index (χ0v) is 48.5. The van der Waals surface area contributed by atoms with Crippen molar-refractivity contribution >= 4 is 17.1 Å². The van der Waals surface area contributed by atoms with Gasteiger partial charge >= 0.3 is 0 Å². The van der Waals surface area contributed by atoms with E-state index in [-0.39, 0.29) is 21.7 Å². The molecule has 0 aromatic heterocycles. The van der Waals surface area contributed by atoms with Crippen LogP contribution < -0.4 is 4.90 Å². The molecule has 0 fully saturated rings. The molecule has 0 N–H and O–H groups in total. The van der Waals surface area contributed by atoms with Crippen LogP contribution >= 0.6 is 0 Å². The van der Waals surface area contributed by atoms with Crippen molar-refractivity contribution in [2.75, 3.05) is 4.90 Å². The van der Waals surface area contributed by atoms with Crippen LogP contribution in [0.3, 0.4) is 0 Å². The van der Waals surface area contributed by atoms with Crippen LogP contribution in [0, 0.1) is 0 Å². The molecule has 1 atom stereocenters. The summed E-state index contributed by atoms with van der Waals surface area (Å²) >= 11 is 0. The van der Waals surface area contributed by atoms with Crippen molar-refractivity contribution in [3.8, 4) is 55.6 Å². The molecule has 1 heteroatoms. The number of nitrogens with zero attached hydrogens (tertiary/aromatic N) is 1. The summed E-state index contributed by atoms with van der Waals surface area (Å²) in [5.41, 5.74) is 31.5. The minimum atomic E-state index is -0.617. The highest BCUT2D eigenvalue weighted by molar-refractivity contribution is 5.99. The molecule has 11 aromatic carbocycles. The van der Waals surface area contributed by atoms with Gasteiger partial charge in [-0.3, -0.25) is 0 Å². The van der Waals surface area contributed by atoms with E-state index in [0.717, 1.165) is 29.9 Å². The predicted molar refractivity (Wildman–Crippen MR) is 344 cm³/mol. The topological polar surface area (TPSA) is 3.24 Å². The van der Waals surface area contributed by atoms with Crippen LogP contribution in [-0.4, -0.2) is 0 Å². The van der Waals surface area contributed by atoms with Gasteiger partial charge in [0.1, 0.15) is 0 Å². The number of hydrogen-bond donors (Lipinski definition) is 0. The second kappa shape index (κ2) is 18.1. The Labute approximate surface area is 485 Å². The van der Waals surface area contributed by atoms with E-state index in [1.54, 1.807) is 0 Å². The Balaban J connectivity index is 0.970. The second-order valence-corrected chi connectivity index (χ2v) is 26.3. The Morgan fingerprint density at radius 2 is 0.841 bits per heavy atom. The molecule has 0 aliphatic heterocycles. The van der Waals surface area contributed by atoms with E-state index in [0.29, 0.717) is 0 Å². The van der Waals surface area contributed by atoms with Crippen LogP contribution in [0.1, 0.15) is 129 Å². The lowest BCUT2D eigenvalue weighted by Crippen LogP contribution is -2.30. The van der Waals surface area contributed by atoms with Gasteiger partial charge in [0.25, 0.3) is 0 Å². The average Bonchev–Trinajstić information content (AvgIpc) is 2.37. The Bertz CT molecular complexity index is 4340. The van der Waals surface area contributed by atoms with E-state index in [4.69, 9.17) is 0 Å². The molecule has 82 heavy (non-hydrogen) atoms.